The van der Waals surface area contributed by atoms with Crippen molar-refractivity contribution in [3.8, 4) is 0 Å². The summed E-state index contributed by atoms with van der Waals surface area (Å²) in [6, 6.07) is 6.59. The van der Waals surface area contributed by atoms with Gasteiger partial charge in [-0.15, -0.1) is 0 Å². The SMILES string of the molecule is CC(C)(C)C(O)CNC(=O)Nc1ccccc1Cl. The molecule has 5 heteroatoms. The number of urea groups is 1. The van der Waals surface area contributed by atoms with Crippen LogP contribution in [0.25, 0.3) is 0 Å². The molecule has 0 aliphatic carbocycles. The minimum atomic E-state index is -0.602. The molecule has 1 atom stereocenters. The number of aliphatic hydroxyl groups is 1. The molecule has 100 valence electrons. The summed E-state index contributed by atoms with van der Waals surface area (Å²) in [6.45, 7) is 5.92. The van der Waals surface area contributed by atoms with Crippen molar-refractivity contribution in [3.63, 3.8) is 0 Å². The number of hydrogen-bond donors (Lipinski definition) is 3. The summed E-state index contributed by atoms with van der Waals surface area (Å²) in [6.07, 6.45) is -0.602. The maximum Gasteiger partial charge on any atom is 0.319 e. The number of carbonyl (C=O) groups excluding carboxylic acids is 1. The smallest absolute Gasteiger partial charge is 0.319 e. The summed E-state index contributed by atoms with van der Waals surface area (Å²) in [5.41, 5.74) is 0.277. The van der Waals surface area contributed by atoms with Crippen LogP contribution in [0.4, 0.5) is 10.5 Å². The highest BCUT2D eigenvalue weighted by atomic mass is 35.5. The first-order valence-electron chi connectivity index (χ1n) is 5.78. The summed E-state index contributed by atoms with van der Waals surface area (Å²) < 4.78 is 0. The van der Waals surface area contributed by atoms with E-state index in [9.17, 15) is 9.90 Å². The highest BCUT2D eigenvalue weighted by Gasteiger charge is 2.22. The van der Waals surface area contributed by atoms with Gasteiger partial charge in [0.05, 0.1) is 16.8 Å². The number of benzene rings is 1. The van der Waals surface area contributed by atoms with Gasteiger partial charge in [-0.25, -0.2) is 4.79 Å². The van der Waals surface area contributed by atoms with Gasteiger partial charge in [-0.1, -0.05) is 44.5 Å². The first-order chi connectivity index (χ1) is 8.30. The fourth-order valence-electron chi connectivity index (χ4n) is 1.22. The summed E-state index contributed by atoms with van der Waals surface area (Å²) in [5.74, 6) is 0. The van der Waals surface area contributed by atoms with E-state index in [1.807, 2.05) is 20.8 Å². The van der Waals surface area contributed by atoms with Crippen LogP contribution >= 0.6 is 11.6 Å². The minimum absolute atomic E-state index is 0.194. The van der Waals surface area contributed by atoms with Crippen LogP contribution in [0.1, 0.15) is 20.8 Å². The Morgan fingerprint density at radius 3 is 2.56 bits per heavy atom. The molecular weight excluding hydrogens is 252 g/mol. The lowest BCUT2D eigenvalue weighted by atomic mass is 9.89. The Labute approximate surface area is 112 Å². The predicted molar refractivity (Wildman–Crippen MR) is 73.9 cm³/mol. The number of rotatable bonds is 3. The van der Waals surface area contributed by atoms with E-state index in [0.717, 1.165) is 0 Å². The van der Waals surface area contributed by atoms with Gasteiger partial charge >= 0.3 is 6.03 Å². The number of para-hydroxylation sites is 1. The molecule has 0 bridgehead atoms. The highest BCUT2D eigenvalue weighted by molar-refractivity contribution is 6.33. The number of carbonyl (C=O) groups is 1. The van der Waals surface area contributed by atoms with E-state index < -0.39 is 6.10 Å². The molecule has 0 saturated heterocycles. The minimum Gasteiger partial charge on any atom is -0.391 e. The average Bonchev–Trinajstić information content (AvgIpc) is 2.27. The maximum atomic E-state index is 11.6. The van der Waals surface area contributed by atoms with E-state index in [1.54, 1.807) is 24.3 Å². The van der Waals surface area contributed by atoms with Crippen molar-refractivity contribution in [3.05, 3.63) is 29.3 Å². The van der Waals surface area contributed by atoms with Crippen LogP contribution in [0.2, 0.25) is 5.02 Å². The van der Waals surface area contributed by atoms with Gasteiger partial charge in [-0.05, 0) is 17.5 Å². The quantitative estimate of drug-likeness (QED) is 0.791. The van der Waals surface area contributed by atoms with Crippen molar-refractivity contribution in [2.45, 2.75) is 26.9 Å². The van der Waals surface area contributed by atoms with Crippen molar-refractivity contribution < 1.29 is 9.90 Å². The third-order valence-corrected chi connectivity index (χ3v) is 2.91. The van der Waals surface area contributed by atoms with Crippen molar-refractivity contribution in [2.24, 2.45) is 5.41 Å². The normalized spacial score (nSPS) is 12.9. The largest absolute Gasteiger partial charge is 0.391 e. The molecule has 0 aliphatic rings. The summed E-state index contributed by atoms with van der Waals surface area (Å²) >= 11 is 5.91. The molecule has 0 heterocycles. The Bertz CT molecular complexity index is 416. The number of halogens is 1. The van der Waals surface area contributed by atoms with Gasteiger partial charge in [-0.3, -0.25) is 0 Å². The van der Waals surface area contributed by atoms with Crippen molar-refractivity contribution in [1.82, 2.24) is 5.32 Å². The predicted octanol–water partition coefficient (Wildman–Crippen LogP) is 2.87. The average molecular weight is 271 g/mol. The van der Waals surface area contributed by atoms with Crippen LogP contribution in [-0.4, -0.2) is 23.8 Å². The first-order valence-corrected chi connectivity index (χ1v) is 6.16. The number of aliphatic hydroxyl groups excluding tert-OH is 1. The fraction of sp³-hybridized carbons (Fsp3) is 0.462. The van der Waals surface area contributed by atoms with E-state index in [-0.39, 0.29) is 18.0 Å². The molecule has 4 nitrogen and oxygen atoms in total. The molecule has 1 aromatic rings. The van der Waals surface area contributed by atoms with E-state index in [2.05, 4.69) is 10.6 Å². The van der Waals surface area contributed by atoms with Crippen LogP contribution in [-0.2, 0) is 0 Å². The Balaban J connectivity index is 2.46. The second-order valence-corrected chi connectivity index (χ2v) is 5.60. The molecular formula is C13H19ClN2O2. The molecule has 1 unspecified atom stereocenters. The molecule has 0 saturated carbocycles. The van der Waals surface area contributed by atoms with Gasteiger partial charge in [0.2, 0.25) is 0 Å². The second-order valence-electron chi connectivity index (χ2n) is 5.20. The molecule has 0 fully saturated rings. The molecule has 0 spiro atoms. The lowest BCUT2D eigenvalue weighted by Gasteiger charge is -2.25. The van der Waals surface area contributed by atoms with Crippen LogP contribution in [0.15, 0.2) is 24.3 Å². The summed E-state index contributed by atoms with van der Waals surface area (Å²) in [4.78, 5) is 11.6. The zero-order chi connectivity index (χ0) is 13.8. The summed E-state index contributed by atoms with van der Waals surface area (Å²) in [7, 11) is 0. The van der Waals surface area contributed by atoms with E-state index in [1.165, 1.54) is 0 Å². The molecule has 0 radical (unpaired) electrons. The molecule has 0 aromatic heterocycles. The lowest BCUT2D eigenvalue weighted by Crippen LogP contribution is -2.40. The first kappa shape index (κ1) is 14.8. The molecule has 1 rings (SSSR count). The van der Waals surface area contributed by atoms with Crippen molar-refractivity contribution in [2.75, 3.05) is 11.9 Å². The number of anilines is 1. The number of nitrogens with one attached hydrogen (secondary N) is 2. The highest BCUT2D eigenvalue weighted by Crippen LogP contribution is 2.20. The monoisotopic (exact) mass is 270 g/mol. The topological polar surface area (TPSA) is 61.4 Å². The second kappa shape index (κ2) is 6.07. The zero-order valence-corrected chi connectivity index (χ0v) is 11.6. The fourth-order valence-corrected chi connectivity index (χ4v) is 1.41. The third kappa shape index (κ3) is 4.55. The third-order valence-electron chi connectivity index (χ3n) is 2.58. The standard InChI is InChI=1S/C13H19ClN2O2/c1-13(2,3)11(17)8-15-12(18)16-10-7-5-4-6-9(10)14/h4-7,11,17H,8H2,1-3H3,(H2,15,16,18). The maximum absolute atomic E-state index is 11.6. The van der Waals surface area contributed by atoms with E-state index >= 15 is 0 Å². The van der Waals surface area contributed by atoms with Crippen LogP contribution in [0.3, 0.4) is 0 Å². The Morgan fingerprint density at radius 2 is 2.00 bits per heavy atom. The lowest BCUT2D eigenvalue weighted by molar-refractivity contribution is 0.0654. The van der Waals surface area contributed by atoms with Gasteiger partial charge in [-0.2, -0.15) is 0 Å². The molecule has 3 N–H and O–H groups in total. The Morgan fingerprint density at radius 1 is 1.39 bits per heavy atom. The summed E-state index contributed by atoms with van der Waals surface area (Å²) in [5, 5.41) is 15.5. The van der Waals surface area contributed by atoms with E-state index in [0.29, 0.717) is 10.7 Å². The van der Waals surface area contributed by atoms with Gasteiger partial charge in [0.25, 0.3) is 0 Å². The Hall–Kier alpha value is -1.26. The van der Waals surface area contributed by atoms with Crippen molar-refractivity contribution >= 4 is 23.3 Å². The van der Waals surface area contributed by atoms with Gasteiger partial charge in [0.1, 0.15) is 0 Å². The number of amides is 2. The van der Waals surface area contributed by atoms with Gasteiger partial charge in [0.15, 0.2) is 0 Å². The Kier molecular flexibility index (Phi) is 4.99. The molecule has 0 aliphatic heterocycles. The van der Waals surface area contributed by atoms with Crippen LogP contribution in [0, 0.1) is 5.41 Å². The molecule has 1 aromatic carbocycles. The zero-order valence-electron chi connectivity index (χ0n) is 10.8. The molecule has 2 amide bonds. The molecule has 18 heavy (non-hydrogen) atoms. The van der Waals surface area contributed by atoms with Gasteiger partial charge < -0.3 is 15.7 Å². The number of hydrogen-bond acceptors (Lipinski definition) is 2. The van der Waals surface area contributed by atoms with Crippen molar-refractivity contribution in [1.29, 1.82) is 0 Å². The van der Waals surface area contributed by atoms with Crippen LogP contribution in [0.5, 0.6) is 0 Å². The van der Waals surface area contributed by atoms with Crippen LogP contribution < -0.4 is 10.6 Å². The van der Waals surface area contributed by atoms with E-state index in [4.69, 9.17) is 11.6 Å². The van der Waals surface area contributed by atoms with Gasteiger partial charge in [0, 0.05) is 6.54 Å².